The van der Waals surface area contributed by atoms with Gasteiger partial charge in [0.05, 0.1) is 17.4 Å². The molecule has 0 bridgehead atoms. The second-order valence-corrected chi connectivity index (χ2v) is 5.89. The zero-order chi connectivity index (χ0) is 14.4. The molecule has 0 radical (unpaired) electrons. The van der Waals surface area contributed by atoms with E-state index in [9.17, 15) is 19.8 Å². The molecule has 0 spiro atoms. The molecule has 106 valence electrons. The van der Waals surface area contributed by atoms with Crippen LogP contribution in [0.5, 0.6) is 0 Å². The van der Waals surface area contributed by atoms with Crippen LogP contribution in [-0.2, 0) is 9.59 Å². The van der Waals surface area contributed by atoms with E-state index in [0.717, 1.165) is 25.7 Å². The van der Waals surface area contributed by atoms with E-state index in [2.05, 4.69) is 6.92 Å². The maximum absolute atomic E-state index is 11.3. The van der Waals surface area contributed by atoms with Gasteiger partial charge in [0.2, 0.25) is 0 Å². The maximum Gasteiger partial charge on any atom is 1.00 e. The molecule has 0 aromatic rings. The molecule has 0 heterocycles. The standard InChI is InChI=1S/C14H26O4.2Li/c1-5-6-7-8-9-10-14(11(15)16,12(17)18)13(2,3)4;;/h5-10H2,1-4H3,(H,15,16)(H,17,18);;/q;2*+1/p-2. The van der Waals surface area contributed by atoms with Crippen LogP contribution < -0.4 is 47.9 Å². The summed E-state index contributed by atoms with van der Waals surface area (Å²) in [6.45, 7) is 6.89. The fraction of sp³-hybridized carbons (Fsp3) is 0.857. The molecule has 20 heavy (non-hydrogen) atoms. The second kappa shape index (κ2) is 10.8. The molecule has 0 rings (SSSR count). The molecule has 0 saturated heterocycles. The van der Waals surface area contributed by atoms with Gasteiger partial charge in [0.25, 0.3) is 0 Å². The van der Waals surface area contributed by atoms with E-state index >= 15 is 0 Å². The Morgan fingerprint density at radius 2 is 1.25 bits per heavy atom. The third-order valence-electron chi connectivity index (χ3n) is 3.63. The van der Waals surface area contributed by atoms with E-state index in [1.807, 2.05) is 0 Å². The quantitative estimate of drug-likeness (QED) is 0.251. The van der Waals surface area contributed by atoms with E-state index in [1.165, 1.54) is 0 Å². The van der Waals surface area contributed by atoms with Gasteiger partial charge in [0, 0.05) is 0 Å². The maximum atomic E-state index is 11.3. The molecular formula is C14H24Li2O4. The predicted molar refractivity (Wildman–Crippen MR) is 65.3 cm³/mol. The first kappa shape index (κ1) is 25.1. The van der Waals surface area contributed by atoms with Crippen molar-refractivity contribution < 1.29 is 57.5 Å². The van der Waals surface area contributed by atoms with Gasteiger partial charge in [0.15, 0.2) is 0 Å². The first-order valence-corrected chi connectivity index (χ1v) is 6.63. The zero-order valence-corrected chi connectivity index (χ0v) is 13.9. The largest absolute Gasteiger partial charge is 1.00 e. The smallest absolute Gasteiger partial charge is 0.549 e. The van der Waals surface area contributed by atoms with Crippen molar-refractivity contribution in [3.05, 3.63) is 0 Å². The molecule has 4 nitrogen and oxygen atoms in total. The van der Waals surface area contributed by atoms with Crippen molar-refractivity contribution in [1.82, 2.24) is 0 Å². The number of carboxylic acids is 2. The third-order valence-corrected chi connectivity index (χ3v) is 3.63. The number of carbonyl (C=O) groups excluding carboxylic acids is 2. The molecule has 6 heteroatoms. The van der Waals surface area contributed by atoms with Crippen LogP contribution in [0, 0.1) is 10.8 Å². The van der Waals surface area contributed by atoms with Crippen LogP contribution in [-0.4, -0.2) is 11.9 Å². The van der Waals surface area contributed by atoms with Gasteiger partial charge >= 0.3 is 37.7 Å². The Morgan fingerprint density at radius 1 is 0.850 bits per heavy atom. The summed E-state index contributed by atoms with van der Waals surface area (Å²) >= 11 is 0. The van der Waals surface area contributed by atoms with Crippen LogP contribution in [0.4, 0.5) is 0 Å². The minimum absolute atomic E-state index is 0. The summed E-state index contributed by atoms with van der Waals surface area (Å²) < 4.78 is 0. The summed E-state index contributed by atoms with van der Waals surface area (Å²) in [6.07, 6.45) is 4.65. The fourth-order valence-corrected chi connectivity index (χ4v) is 2.27. The monoisotopic (exact) mass is 270 g/mol. The normalized spacial score (nSPS) is 11.2. The van der Waals surface area contributed by atoms with Crippen LogP contribution in [0.15, 0.2) is 0 Å². The van der Waals surface area contributed by atoms with Crippen molar-refractivity contribution >= 4 is 11.9 Å². The van der Waals surface area contributed by atoms with Crippen LogP contribution in [0.2, 0.25) is 0 Å². The average molecular weight is 270 g/mol. The van der Waals surface area contributed by atoms with Crippen LogP contribution in [0.1, 0.15) is 66.2 Å². The van der Waals surface area contributed by atoms with Gasteiger partial charge in [0.1, 0.15) is 0 Å². The van der Waals surface area contributed by atoms with Crippen LogP contribution in [0.3, 0.4) is 0 Å². The fourth-order valence-electron chi connectivity index (χ4n) is 2.27. The van der Waals surface area contributed by atoms with Gasteiger partial charge in [-0.2, -0.15) is 0 Å². The van der Waals surface area contributed by atoms with Gasteiger partial charge in [-0.05, 0) is 11.8 Å². The van der Waals surface area contributed by atoms with Crippen molar-refractivity contribution in [3.63, 3.8) is 0 Å². The predicted octanol–water partition coefficient (Wildman–Crippen LogP) is -5.11. The Bertz CT molecular complexity index is 284. The van der Waals surface area contributed by atoms with E-state index in [1.54, 1.807) is 20.8 Å². The van der Waals surface area contributed by atoms with Gasteiger partial charge in [-0.25, -0.2) is 0 Å². The number of carbonyl (C=O) groups is 2. The van der Waals surface area contributed by atoms with E-state index in [0.29, 0.717) is 6.42 Å². The summed E-state index contributed by atoms with van der Waals surface area (Å²) in [5.41, 5.74) is -2.82. The molecule has 0 N–H and O–H groups in total. The molecular weight excluding hydrogens is 246 g/mol. The first-order chi connectivity index (χ1) is 8.20. The summed E-state index contributed by atoms with van der Waals surface area (Å²) in [4.78, 5) is 22.6. The topological polar surface area (TPSA) is 80.3 Å². The third kappa shape index (κ3) is 6.27. The SMILES string of the molecule is CCCCCCCC(C(=O)[O-])(C(=O)[O-])C(C)(C)C.[Li+].[Li+]. The van der Waals surface area contributed by atoms with Gasteiger partial charge < -0.3 is 19.8 Å². The molecule has 0 fully saturated rings. The number of aliphatic carboxylic acids is 2. The molecule has 0 aromatic carbocycles. The van der Waals surface area contributed by atoms with Crippen molar-refractivity contribution in [1.29, 1.82) is 0 Å². The van der Waals surface area contributed by atoms with Crippen molar-refractivity contribution in [2.24, 2.45) is 10.8 Å². The van der Waals surface area contributed by atoms with E-state index in [4.69, 9.17) is 0 Å². The van der Waals surface area contributed by atoms with Crippen LogP contribution >= 0.6 is 0 Å². The molecule has 0 aliphatic carbocycles. The second-order valence-electron chi connectivity index (χ2n) is 5.89. The van der Waals surface area contributed by atoms with Gasteiger partial charge in [-0.3, -0.25) is 0 Å². The minimum atomic E-state index is -1.90. The molecule has 0 aliphatic heterocycles. The van der Waals surface area contributed by atoms with Crippen LogP contribution in [0.25, 0.3) is 0 Å². The minimum Gasteiger partial charge on any atom is -0.549 e. The zero-order valence-electron chi connectivity index (χ0n) is 13.9. The van der Waals surface area contributed by atoms with Gasteiger partial charge in [-0.15, -0.1) is 0 Å². The Morgan fingerprint density at radius 3 is 1.55 bits per heavy atom. The Balaban J connectivity index is -0.00000144. The Hall–Kier alpha value is 0.135. The summed E-state index contributed by atoms with van der Waals surface area (Å²) in [6, 6.07) is 0. The number of rotatable bonds is 8. The van der Waals surface area contributed by atoms with Crippen molar-refractivity contribution in [2.75, 3.05) is 0 Å². The number of hydrogen-bond donors (Lipinski definition) is 0. The summed E-state index contributed by atoms with van der Waals surface area (Å²) in [5, 5.41) is 22.6. The molecule has 0 saturated carbocycles. The number of carboxylic acid groups (broad SMARTS) is 2. The van der Waals surface area contributed by atoms with E-state index < -0.39 is 22.8 Å². The van der Waals surface area contributed by atoms with Crippen molar-refractivity contribution in [3.8, 4) is 0 Å². The molecule has 0 atom stereocenters. The molecule has 0 unspecified atom stereocenters. The molecule has 0 aromatic heterocycles. The molecule has 0 aliphatic rings. The van der Waals surface area contributed by atoms with E-state index in [-0.39, 0.29) is 44.1 Å². The average Bonchev–Trinajstić information content (AvgIpc) is 2.20. The summed E-state index contributed by atoms with van der Waals surface area (Å²) in [7, 11) is 0. The Labute approximate surface area is 146 Å². The Kier molecular flexibility index (Phi) is 13.6. The van der Waals surface area contributed by atoms with Crippen molar-refractivity contribution in [2.45, 2.75) is 66.2 Å². The molecule has 0 amide bonds. The van der Waals surface area contributed by atoms with Gasteiger partial charge in [-0.1, -0.05) is 59.8 Å². The number of unbranched alkanes of at least 4 members (excludes halogenated alkanes) is 4. The number of hydrogen-bond acceptors (Lipinski definition) is 4. The summed E-state index contributed by atoms with van der Waals surface area (Å²) in [5.74, 6) is -3.07. The first-order valence-electron chi connectivity index (χ1n) is 6.63.